The van der Waals surface area contributed by atoms with Gasteiger partial charge in [0.25, 0.3) is 0 Å². The van der Waals surface area contributed by atoms with Crippen molar-refractivity contribution in [2.24, 2.45) is 0 Å². The molecule has 1 unspecified atom stereocenters. The van der Waals surface area contributed by atoms with Crippen molar-refractivity contribution in [1.29, 1.82) is 0 Å². The number of hydrogen-bond donors (Lipinski definition) is 0. The van der Waals surface area contributed by atoms with Gasteiger partial charge in [-0.3, -0.25) is 0 Å². The van der Waals surface area contributed by atoms with Crippen molar-refractivity contribution in [3.63, 3.8) is 0 Å². The minimum atomic E-state index is 0.268. The molecule has 4 nitrogen and oxygen atoms in total. The molecule has 1 atom stereocenters. The number of nitrogens with zero attached hydrogens (tertiary/aromatic N) is 1. The van der Waals surface area contributed by atoms with E-state index in [1.165, 1.54) is 5.56 Å². The fourth-order valence-corrected chi connectivity index (χ4v) is 2.56. The van der Waals surface area contributed by atoms with Gasteiger partial charge in [-0.2, -0.15) is 0 Å². The lowest BCUT2D eigenvalue weighted by molar-refractivity contribution is -0.0922. The first-order valence-electron chi connectivity index (χ1n) is 8.37. The van der Waals surface area contributed by atoms with Crippen molar-refractivity contribution < 1.29 is 14.2 Å². The van der Waals surface area contributed by atoms with Gasteiger partial charge in [0, 0.05) is 13.1 Å². The van der Waals surface area contributed by atoms with Crippen molar-refractivity contribution in [3.05, 3.63) is 29.8 Å². The largest absolute Gasteiger partial charge is 0.494 e. The van der Waals surface area contributed by atoms with Gasteiger partial charge < -0.3 is 19.1 Å². The van der Waals surface area contributed by atoms with Crippen LogP contribution in [0.3, 0.4) is 0 Å². The Balaban J connectivity index is 1.55. The van der Waals surface area contributed by atoms with Gasteiger partial charge in [-0.15, -0.1) is 0 Å². The summed E-state index contributed by atoms with van der Waals surface area (Å²) in [7, 11) is 2.15. The summed E-state index contributed by atoms with van der Waals surface area (Å²) in [5, 5.41) is 0. The fraction of sp³-hybridized carbons (Fsp3) is 0.667. The maximum Gasteiger partial charge on any atom is 0.119 e. The summed E-state index contributed by atoms with van der Waals surface area (Å²) >= 11 is 0. The Labute approximate surface area is 134 Å². The molecule has 1 heterocycles. The molecule has 0 aromatic heterocycles. The van der Waals surface area contributed by atoms with Gasteiger partial charge in [0.05, 0.1) is 32.5 Å². The van der Waals surface area contributed by atoms with Crippen LogP contribution in [0.2, 0.25) is 0 Å². The molecular weight excluding hydrogens is 278 g/mol. The summed E-state index contributed by atoms with van der Waals surface area (Å²) in [5.41, 5.74) is 1.32. The highest BCUT2D eigenvalue weighted by molar-refractivity contribution is 5.28. The molecule has 1 aromatic rings. The molecule has 1 aliphatic heterocycles. The van der Waals surface area contributed by atoms with Crippen LogP contribution in [0.4, 0.5) is 0 Å². The molecule has 124 valence electrons. The Hall–Kier alpha value is -1.10. The second kappa shape index (κ2) is 9.82. The van der Waals surface area contributed by atoms with Crippen LogP contribution >= 0.6 is 0 Å². The summed E-state index contributed by atoms with van der Waals surface area (Å²) in [6.07, 6.45) is 3.39. The minimum Gasteiger partial charge on any atom is -0.494 e. The molecule has 0 aliphatic carbocycles. The van der Waals surface area contributed by atoms with Gasteiger partial charge in [-0.1, -0.05) is 19.1 Å². The van der Waals surface area contributed by atoms with Crippen LogP contribution in [0, 0.1) is 0 Å². The molecule has 0 spiro atoms. The molecule has 0 radical (unpaired) electrons. The van der Waals surface area contributed by atoms with E-state index in [-0.39, 0.29) is 6.10 Å². The van der Waals surface area contributed by atoms with E-state index in [0.717, 1.165) is 64.5 Å². The smallest absolute Gasteiger partial charge is 0.119 e. The van der Waals surface area contributed by atoms with Crippen LogP contribution in [-0.4, -0.2) is 57.6 Å². The van der Waals surface area contributed by atoms with E-state index >= 15 is 0 Å². The third-order valence-corrected chi connectivity index (χ3v) is 3.98. The molecular formula is C18H29NO3. The number of hydrogen-bond acceptors (Lipinski definition) is 4. The van der Waals surface area contributed by atoms with Crippen molar-refractivity contribution >= 4 is 0 Å². The van der Waals surface area contributed by atoms with Crippen molar-refractivity contribution in [2.75, 3.05) is 46.6 Å². The lowest BCUT2D eigenvalue weighted by Gasteiger charge is -2.25. The topological polar surface area (TPSA) is 30.9 Å². The first-order chi connectivity index (χ1) is 10.8. The SMILES string of the molecule is CCc1cccc(OCCCN(C)CCC2COCCO2)c1. The molecule has 1 saturated heterocycles. The number of benzene rings is 1. The maximum absolute atomic E-state index is 5.82. The number of aryl methyl sites for hydroxylation is 1. The van der Waals surface area contributed by atoms with E-state index in [2.05, 4.69) is 37.1 Å². The maximum atomic E-state index is 5.82. The van der Waals surface area contributed by atoms with E-state index in [1.54, 1.807) is 0 Å². The van der Waals surface area contributed by atoms with Crippen LogP contribution in [0.25, 0.3) is 0 Å². The molecule has 22 heavy (non-hydrogen) atoms. The van der Waals surface area contributed by atoms with Gasteiger partial charge in [-0.25, -0.2) is 0 Å². The second-order valence-electron chi connectivity index (χ2n) is 5.86. The zero-order valence-corrected chi connectivity index (χ0v) is 13.9. The Morgan fingerprint density at radius 3 is 2.95 bits per heavy atom. The highest BCUT2D eigenvalue weighted by Gasteiger charge is 2.14. The van der Waals surface area contributed by atoms with Gasteiger partial charge >= 0.3 is 0 Å². The Morgan fingerprint density at radius 2 is 2.18 bits per heavy atom. The van der Waals surface area contributed by atoms with Crippen LogP contribution in [0.1, 0.15) is 25.3 Å². The van der Waals surface area contributed by atoms with E-state index in [9.17, 15) is 0 Å². The average Bonchev–Trinajstić information content (AvgIpc) is 2.58. The van der Waals surface area contributed by atoms with E-state index < -0.39 is 0 Å². The highest BCUT2D eigenvalue weighted by Crippen LogP contribution is 2.14. The summed E-state index contributed by atoms with van der Waals surface area (Å²) in [4.78, 5) is 2.34. The van der Waals surface area contributed by atoms with Crippen molar-refractivity contribution in [1.82, 2.24) is 4.90 Å². The van der Waals surface area contributed by atoms with E-state index in [1.807, 2.05) is 6.07 Å². The average molecular weight is 307 g/mol. The Kier molecular flexibility index (Phi) is 7.71. The molecule has 0 amide bonds. The van der Waals surface area contributed by atoms with Gasteiger partial charge in [0.1, 0.15) is 5.75 Å². The Bertz CT molecular complexity index is 419. The normalized spacial score (nSPS) is 18.6. The quantitative estimate of drug-likeness (QED) is 0.656. The molecule has 0 saturated carbocycles. The number of rotatable bonds is 9. The molecule has 0 bridgehead atoms. The third kappa shape index (κ3) is 6.34. The molecule has 1 fully saturated rings. The van der Waals surface area contributed by atoms with Crippen molar-refractivity contribution in [3.8, 4) is 5.75 Å². The van der Waals surface area contributed by atoms with E-state index in [0.29, 0.717) is 0 Å². The van der Waals surface area contributed by atoms with Gasteiger partial charge in [0.2, 0.25) is 0 Å². The molecule has 1 aliphatic rings. The van der Waals surface area contributed by atoms with Gasteiger partial charge in [-0.05, 0) is 44.0 Å². The van der Waals surface area contributed by atoms with Crippen LogP contribution in [0.15, 0.2) is 24.3 Å². The standard InChI is InChI=1S/C18H29NO3/c1-3-16-6-4-7-17(14-16)21-11-5-9-19(2)10-8-18-15-20-12-13-22-18/h4,6-7,14,18H,3,5,8-13,15H2,1-2H3. The summed E-state index contributed by atoms with van der Waals surface area (Å²) in [5.74, 6) is 0.981. The second-order valence-corrected chi connectivity index (χ2v) is 5.86. The fourth-order valence-electron chi connectivity index (χ4n) is 2.56. The zero-order valence-electron chi connectivity index (χ0n) is 13.9. The predicted octanol–water partition coefficient (Wildman–Crippen LogP) is 2.76. The molecule has 0 N–H and O–H groups in total. The van der Waals surface area contributed by atoms with Crippen LogP contribution in [-0.2, 0) is 15.9 Å². The molecule has 2 rings (SSSR count). The highest BCUT2D eigenvalue weighted by atomic mass is 16.6. The predicted molar refractivity (Wildman–Crippen MR) is 88.6 cm³/mol. The lowest BCUT2D eigenvalue weighted by Crippen LogP contribution is -2.32. The monoisotopic (exact) mass is 307 g/mol. The summed E-state index contributed by atoms with van der Waals surface area (Å²) < 4.78 is 16.9. The summed E-state index contributed by atoms with van der Waals surface area (Å²) in [6, 6.07) is 8.36. The van der Waals surface area contributed by atoms with Crippen LogP contribution < -0.4 is 4.74 Å². The lowest BCUT2D eigenvalue weighted by atomic mass is 10.2. The summed E-state index contributed by atoms with van der Waals surface area (Å²) in [6.45, 7) is 7.22. The van der Waals surface area contributed by atoms with Crippen LogP contribution in [0.5, 0.6) is 5.75 Å². The zero-order chi connectivity index (χ0) is 15.6. The van der Waals surface area contributed by atoms with Gasteiger partial charge in [0.15, 0.2) is 0 Å². The first kappa shape index (κ1) is 17.3. The molecule has 1 aromatic carbocycles. The minimum absolute atomic E-state index is 0.268. The first-order valence-corrected chi connectivity index (χ1v) is 8.37. The van der Waals surface area contributed by atoms with E-state index in [4.69, 9.17) is 14.2 Å². The third-order valence-electron chi connectivity index (χ3n) is 3.98. The number of ether oxygens (including phenoxy) is 3. The molecule has 4 heteroatoms. The van der Waals surface area contributed by atoms with Crippen molar-refractivity contribution in [2.45, 2.75) is 32.3 Å². The Morgan fingerprint density at radius 1 is 1.27 bits per heavy atom.